The molecule has 1 amide bonds. The molecule has 0 saturated heterocycles. The molecule has 1 aliphatic rings. The fraction of sp³-hybridized carbons (Fsp3) is 0.182. The van der Waals surface area contributed by atoms with E-state index in [1.165, 1.54) is 0 Å². The van der Waals surface area contributed by atoms with Crippen molar-refractivity contribution in [1.82, 2.24) is 19.4 Å². The lowest BCUT2D eigenvalue weighted by Gasteiger charge is -2.20. The van der Waals surface area contributed by atoms with Gasteiger partial charge in [-0.2, -0.15) is 0 Å². The summed E-state index contributed by atoms with van der Waals surface area (Å²) in [6.45, 7) is 1.26. The molecule has 3 aromatic heterocycles. The molecular formula is C22H20N6O2. The monoisotopic (exact) mass is 400 g/mol. The summed E-state index contributed by atoms with van der Waals surface area (Å²) in [5, 5.41) is 3.38. The first-order valence-electron chi connectivity index (χ1n) is 9.78. The minimum Gasteiger partial charge on any atom is -0.488 e. The summed E-state index contributed by atoms with van der Waals surface area (Å²) in [4.78, 5) is 25.7. The van der Waals surface area contributed by atoms with E-state index in [2.05, 4.69) is 22.4 Å². The van der Waals surface area contributed by atoms with Crippen LogP contribution in [0, 0.1) is 0 Å². The Bertz CT molecular complexity index is 1240. The number of carbonyl (C=O) groups excluding carboxylic acids is 1. The number of nitrogens with zero attached hydrogens (tertiary/aromatic N) is 4. The van der Waals surface area contributed by atoms with E-state index in [-0.39, 0.29) is 0 Å². The summed E-state index contributed by atoms with van der Waals surface area (Å²) in [6, 6.07) is 15.4. The molecule has 0 radical (unpaired) electrons. The van der Waals surface area contributed by atoms with Crippen LogP contribution in [0.3, 0.4) is 0 Å². The van der Waals surface area contributed by atoms with Gasteiger partial charge in [0.15, 0.2) is 17.4 Å². The number of pyridine rings is 1. The van der Waals surface area contributed by atoms with Crippen molar-refractivity contribution in [3.8, 4) is 17.3 Å². The van der Waals surface area contributed by atoms with Crippen molar-refractivity contribution in [3.05, 3.63) is 71.8 Å². The Morgan fingerprint density at radius 2 is 2.00 bits per heavy atom. The number of hydrogen-bond donors (Lipinski definition) is 2. The van der Waals surface area contributed by atoms with E-state index < -0.39 is 5.91 Å². The molecule has 0 fully saturated rings. The van der Waals surface area contributed by atoms with Crippen LogP contribution in [0.1, 0.15) is 28.2 Å². The van der Waals surface area contributed by atoms with Crippen LogP contribution >= 0.6 is 0 Å². The van der Waals surface area contributed by atoms with Gasteiger partial charge in [-0.05, 0) is 30.5 Å². The Kier molecular flexibility index (Phi) is 4.51. The molecule has 4 aromatic rings. The SMILES string of the molecule is NC(=O)c1cccc2c(-c3nc4c(c(NCc5ccccc5)n3)OCCC4)ncn12. The molecule has 0 spiro atoms. The van der Waals surface area contributed by atoms with E-state index in [0.717, 1.165) is 29.6 Å². The van der Waals surface area contributed by atoms with E-state index in [0.29, 0.717) is 41.9 Å². The summed E-state index contributed by atoms with van der Waals surface area (Å²) in [5.41, 5.74) is 9.16. The number of fused-ring (bicyclic) bond motifs is 2. The predicted octanol–water partition coefficient (Wildman–Crippen LogP) is 2.83. The number of ether oxygens (including phenoxy) is 1. The average molecular weight is 400 g/mol. The number of nitrogens with two attached hydrogens (primary N) is 1. The first-order chi connectivity index (χ1) is 14.7. The van der Waals surface area contributed by atoms with E-state index >= 15 is 0 Å². The van der Waals surface area contributed by atoms with Crippen LogP contribution in [0.2, 0.25) is 0 Å². The number of anilines is 1. The minimum absolute atomic E-state index is 0.356. The predicted molar refractivity (Wildman–Crippen MR) is 112 cm³/mol. The van der Waals surface area contributed by atoms with Crippen LogP contribution in [0.25, 0.3) is 17.0 Å². The van der Waals surface area contributed by atoms with Crippen LogP contribution < -0.4 is 15.8 Å². The number of hydrogen-bond acceptors (Lipinski definition) is 6. The number of rotatable bonds is 5. The zero-order chi connectivity index (χ0) is 20.5. The molecule has 8 nitrogen and oxygen atoms in total. The number of carbonyl (C=O) groups is 1. The van der Waals surface area contributed by atoms with Crippen molar-refractivity contribution >= 4 is 17.2 Å². The van der Waals surface area contributed by atoms with Crippen molar-refractivity contribution in [3.63, 3.8) is 0 Å². The smallest absolute Gasteiger partial charge is 0.265 e. The van der Waals surface area contributed by atoms with Crippen LogP contribution in [0.5, 0.6) is 5.75 Å². The maximum atomic E-state index is 11.7. The summed E-state index contributed by atoms with van der Waals surface area (Å²) in [7, 11) is 0. The fourth-order valence-electron chi connectivity index (χ4n) is 3.63. The standard InChI is InChI=1S/C22H20N6O2/c23-20(29)17-10-4-9-16-18(25-13-28(16)17)21-26-15-8-5-11-30-19(15)22(27-21)24-12-14-6-2-1-3-7-14/h1-4,6-7,9-10,13H,5,8,11-12H2,(H2,23,29)(H,24,26,27). The number of aromatic nitrogens is 4. The zero-order valence-electron chi connectivity index (χ0n) is 16.2. The van der Waals surface area contributed by atoms with E-state index in [9.17, 15) is 4.79 Å². The van der Waals surface area contributed by atoms with Gasteiger partial charge in [0.05, 0.1) is 17.8 Å². The lowest BCUT2D eigenvalue weighted by molar-refractivity contribution is 0.0994. The summed E-state index contributed by atoms with van der Waals surface area (Å²) < 4.78 is 7.54. The van der Waals surface area contributed by atoms with Crippen molar-refractivity contribution in [2.75, 3.05) is 11.9 Å². The Labute approximate surface area is 172 Å². The van der Waals surface area contributed by atoms with Crippen LogP contribution in [-0.2, 0) is 13.0 Å². The van der Waals surface area contributed by atoms with Crippen molar-refractivity contribution in [2.45, 2.75) is 19.4 Å². The molecule has 1 aromatic carbocycles. The van der Waals surface area contributed by atoms with E-state index in [1.807, 2.05) is 24.3 Å². The third-order valence-electron chi connectivity index (χ3n) is 5.08. The van der Waals surface area contributed by atoms with Gasteiger partial charge in [-0.25, -0.2) is 15.0 Å². The van der Waals surface area contributed by atoms with Crippen LogP contribution in [-0.4, -0.2) is 31.9 Å². The Hall–Kier alpha value is -3.94. The number of imidazole rings is 1. The second-order valence-electron chi connectivity index (χ2n) is 7.09. The summed E-state index contributed by atoms with van der Waals surface area (Å²) in [6.07, 6.45) is 3.28. The highest BCUT2D eigenvalue weighted by molar-refractivity contribution is 5.92. The van der Waals surface area contributed by atoms with Gasteiger partial charge < -0.3 is 15.8 Å². The fourth-order valence-corrected chi connectivity index (χ4v) is 3.63. The molecule has 0 unspecified atom stereocenters. The van der Waals surface area contributed by atoms with E-state index in [1.54, 1.807) is 22.9 Å². The molecule has 30 heavy (non-hydrogen) atoms. The number of nitrogens with one attached hydrogen (secondary N) is 1. The molecule has 4 heterocycles. The Balaban J connectivity index is 1.58. The van der Waals surface area contributed by atoms with Crippen LogP contribution in [0.4, 0.5) is 5.82 Å². The van der Waals surface area contributed by atoms with E-state index in [4.69, 9.17) is 20.4 Å². The molecule has 150 valence electrons. The lowest BCUT2D eigenvalue weighted by atomic mass is 10.1. The largest absolute Gasteiger partial charge is 0.488 e. The van der Waals surface area contributed by atoms with Gasteiger partial charge in [-0.1, -0.05) is 36.4 Å². The Morgan fingerprint density at radius 1 is 1.13 bits per heavy atom. The maximum absolute atomic E-state index is 11.7. The molecule has 3 N–H and O–H groups in total. The lowest BCUT2D eigenvalue weighted by Crippen LogP contribution is -2.15. The van der Waals surface area contributed by atoms with Crippen molar-refractivity contribution in [2.24, 2.45) is 5.73 Å². The Morgan fingerprint density at radius 3 is 2.83 bits per heavy atom. The second kappa shape index (κ2) is 7.47. The summed E-state index contributed by atoms with van der Waals surface area (Å²) in [5.74, 6) is 1.31. The molecule has 5 rings (SSSR count). The van der Waals surface area contributed by atoms with Gasteiger partial charge >= 0.3 is 0 Å². The molecule has 1 aliphatic heterocycles. The molecular weight excluding hydrogens is 380 g/mol. The number of amides is 1. The first kappa shape index (κ1) is 18.1. The molecule has 8 heteroatoms. The molecule has 0 aliphatic carbocycles. The topological polar surface area (TPSA) is 107 Å². The highest BCUT2D eigenvalue weighted by Gasteiger charge is 2.22. The summed E-state index contributed by atoms with van der Waals surface area (Å²) >= 11 is 0. The van der Waals surface area contributed by atoms with Crippen LogP contribution in [0.15, 0.2) is 54.9 Å². The number of benzene rings is 1. The maximum Gasteiger partial charge on any atom is 0.265 e. The quantitative estimate of drug-likeness (QED) is 0.533. The number of primary amides is 1. The highest BCUT2D eigenvalue weighted by Crippen LogP contribution is 2.33. The van der Waals surface area contributed by atoms with Gasteiger partial charge in [-0.3, -0.25) is 9.20 Å². The molecule has 0 saturated carbocycles. The van der Waals surface area contributed by atoms with Gasteiger partial charge in [-0.15, -0.1) is 0 Å². The second-order valence-corrected chi connectivity index (χ2v) is 7.09. The normalized spacial score (nSPS) is 12.9. The first-order valence-corrected chi connectivity index (χ1v) is 9.78. The molecule has 0 atom stereocenters. The number of aryl methyl sites for hydroxylation is 1. The van der Waals surface area contributed by atoms with Crippen molar-refractivity contribution < 1.29 is 9.53 Å². The zero-order valence-corrected chi connectivity index (χ0v) is 16.2. The average Bonchev–Trinajstić information content (AvgIpc) is 3.22. The van der Waals surface area contributed by atoms with Crippen molar-refractivity contribution in [1.29, 1.82) is 0 Å². The van der Waals surface area contributed by atoms with Gasteiger partial charge in [0.2, 0.25) is 0 Å². The van der Waals surface area contributed by atoms with Gasteiger partial charge in [0, 0.05) is 6.54 Å². The highest BCUT2D eigenvalue weighted by atomic mass is 16.5. The van der Waals surface area contributed by atoms with Gasteiger partial charge in [0.25, 0.3) is 5.91 Å². The third kappa shape index (κ3) is 3.22. The third-order valence-corrected chi connectivity index (χ3v) is 5.08. The minimum atomic E-state index is -0.519. The van der Waals surface area contributed by atoms with Gasteiger partial charge in [0.1, 0.15) is 17.7 Å². The molecule has 0 bridgehead atoms.